The Labute approximate surface area is 125 Å². The van der Waals surface area contributed by atoms with Crippen molar-refractivity contribution < 1.29 is 15.0 Å². The molecular weight excluding hydrogens is 266 g/mol. The molecule has 1 aromatic carbocycles. The Hall–Kier alpha value is -1.39. The number of aliphatic hydroxyl groups is 2. The maximum absolute atomic E-state index is 12.6. The van der Waals surface area contributed by atoms with Crippen molar-refractivity contribution in [1.29, 1.82) is 0 Å². The lowest BCUT2D eigenvalue weighted by molar-refractivity contribution is -0.00536. The van der Waals surface area contributed by atoms with Crippen molar-refractivity contribution in [2.45, 2.75) is 44.8 Å². The molecule has 2 fully saturated rings. The Bertz CT molecular complexity index is 513. The molecule has 1 aromatic rings. The minimum Gasteiger partial charge on any atom is -0.392 e. The number of rotatable bonds is 2. The molecule has 0 unspecified atom stereocenters. The number of amides is 1. The van der Waals surface area contributed by atoms with E-state index in [-0.39, 0.29) is 24.0 Å². The van der Waals surface area contributed by atoms with Gasteiger partial charge in [-0.2, -0.15) is 0 Å². The van der Waals surface area contributed by atoms with Crippen molar-refractivity contribution >= 4 is 5.91 Å². The van der Waals surface area contributed by atoms with Gasteiger partial charge in [-0.15, -0.1) is 0 Å². The fourth-order valence-corrected chi connectivity index (χ4v) is 3.87. The van der Waals surface area contributed by atoms with E-state index in [1.165, 1.54) is 0 Å². The number of carbonyl (C=O) groups is 1. The van der Waals surface area contributed by atoms with Crippen LogP contribution in [0.4, 0.5) is 0 Å². The van der Waals surface area contributed by atoms with E-state index in [0.717, 1.165) is 44.2 Å². The summed E-state index contributed by atoms with van der Waals surface area (Å²) in [7, 11) is 0. The van der Waals surface area contributed by atoms with E-state index in [9.17, 15) is 9.90 Å². The van der Waals surface area contributed by atoms with Gasteiger partial charge in [-0.3, -0.25) is 4.79 Å². The number of piperidine rings is 1. The van der Waals surface area contributed by atoms with Crippen molar-refractivity contribution in [3.8, 4) is 0 Å². The molecule has 1 spiro atoms. The molecule has 2 N–H and O–H groups in total. The first-order chi connectivity index (χ1) is 10.1. The zero-order valence-electron chi connectivity index (χ0n) is 12.3. The second-order valence-corrected chi connectivity index (χ2v) is 6.46. The number of likely N-dealkylation sites (tertiary alicyclic amines) is 1. The largest absolute Gasteiger partial charge is 0.392 e. The van der Waals surface area contributed by atoms with E-state index in [1.54, 1.807) is 24.3 Å². The number of carbonyl (C=O) groups excluding carboxylic acids is 1. The molecule has 2 atom stereocenters. The molecule has 2 aliphatic rings. The zero-order valence-corrected chi connectivity index (χ0v) is 12.3. The number of aliphatic hydroxyl groups excluding tert-OH is 2. The highest BCUT2D eigenvalue weighted by molar-refractivity contribution is 5.94. The SMILES string of the molecule is O=C(c1ccc(CO)cc1)N1CCC[C@]2(CCC[C@H]2O)C1. The first-order valence-electron chi connectivity index (χ1n) is 7.82. The van der Waals surface area contributed by atoms with E-state index >= 15 is 0 Å². The zero-order chi connectivity index (χ0) is 14.9. The Kier molecular flexibility index (Phi) is 4.00. The van der Waals surface area contributed by atoms with E-state index in [4.69, 9.17) is 5.11 Å². The van der Waals surface area contributed by atoms with Crippen molar-refractivity contribution in [2.75, 3.05) is 13.1 Å². The normalized spacial score (nSPS) is 29.0. The van der Waals surface area contributed by atoms with Gasteiger partial charge < -0.3 is 15.1 Å². The first kappa shape index (κ1) is 14.5. The van der Waals surface area contributed by atoms with Crippen LogP contribution in [0.3, 0.4) is 0 Å². The molecular formula is C17H23NO3. The summed E-state index contributed by atoms with van der Waals surface area (Å²) in [6.45, 7) is 1.44. The lowest BCUT2D eigenvalue weighted by Crippen LogP contribution is -2.49. The average Bonchev–Trinajstić information content (AvgIpc) is 2.87. The molecule has 0 bridgehead atoms. The smallest absolute Gasteiger partial charge is 0.253 e. The molecule has 114 valence electrons. The molecule has 1 aliphatic heterocycles. The predicted octanol–water partition coefficient (Wildman–Crippen LogP) is 1.95. The number of hydrogen-bond donors (Lipinski definition) is 2. The quantitative estimate of drug-likeness (QED) is 0.875. The van der Waals surface area contributed by atoms with Gasteiger partial charge in [0.25, 0.3) is 5.91 Å². The van der Waals surface area contributed by atoms with Gasteiger partial charge >= 0.3 is 0 Å². The van der Waals surface area contributed by atoms with Gasteiger partial charge in [-0.1, -0.05) is 18.6 Å². The summed E-state index contributed by atoms with van der Waals surface area (Å²) in [6, 6.07) is 7.13. The predicted molar refractivity (Wildman–Crippen MR) is 79.8 cm³/mol. The Morgan fingerprint density at radius 2 is 1.95 bits per heavy atom. The van der Waals surface area contributed by atoms with Crippen LogP contribution < -0.4 is 0 Å². The van der Waals surface area contributed by atoms with Crippen LogP contribution in [0.25, 0.3) is 0 Å². The van der Waals surface area contributed by atoms with Crippen molar-refractivity contribution in [1.82, 2.24) is 4.90 Å². The summed E-state index contributed by atoms with van der Waals surface area (Å²) in [5.41, 5.74) is 1.41. The van der Waals surface area contributed by atoms with E-state index < -0.39 is 0 Å². The van der Waals surface area contributed by atoms with Gasteiger partial charge in [0.1, 0.15) is 0 Å². The molecule has 4 heteroatoms. The van der Waals surface area contributed by atoms with Gasteiger partial charge in [-0.25, -0.2) is 0 Å². The first-order valence-corrected chi connectivity index (χ1v) is 7.82. The third kappa shape index (κ3) is 2.70. The van der Waals surface area contributed by atoms with E-state index in [1.807, 2.05) is 4.90 Å². The van der Waals surface area contributed by atoms with Crippen LogP contribution in [0.15, 0.2) is 24.3 Å². The van der Waals surface area contributed by atoms with E-state index in [0.29, 0.717) is 12.1 Å². The van der Waals surface area contributed by atoms with Gasteiger partial charge in [0.05, 0.1) is 12.7 Å². The number of hydrogen-bond acceptors (Lipinski definition) is 3. The third-order valence-electron chi connectivity index (χ3n) is 5.14. The highest BCUT2D eigenvalue weighted by Crippen LogP contribution is 2.45. The maximum Gasteiger partial charge on any atom is 0.253 e. The minimum absolute atomic E-state index is 0.00646. The lowest BCUT2D eigenvalue weighted by atomic mass is 9.76. The van der Waals surface area contributed by atoms with Crippen LogP contribution >= 0.6 is 0 Å². The number of benzene rings is 1. The van der Waals surface area contributed by atoms with Gasteiger partial charge in [-0.05, 0) is 43.4 Å². The molecule has 1 amide bonds. The Morgan fingerprint density at radius 3 is 2.57 bits per heavy atom. The Morgan fingerprint density at radius 1 is 1.24 bits per heavy atom. The van der Waals surface area contributed by atoms with Crippen molar-refractivity contribution in [3.05, 3.63) is 35.4 Å². The van der Waals surface area contributed by atoms with Crippen molar-refractivity contribution in [2.24, 2.45) is 5.41 Å². The fourth-order valence-electron chi connectivity index (χ4n) is 3.87. The van der Waals surface area contributed by atoms with Crippen molar-refractivity contribution in [3.63, 3.8) is 0 Å². The van der Waals surface area contributed by atoms with Crippen LogP contribution in [0.1, 0.15) is 48.0 Å². The van der Waals surface area contributed by atoms with Gasteiger partial charge in [0.2, 0.25) is 0 Å². The molecule has 3 rings (SSSR count). The molecule has 1 saturated carbocycles. The summed E-state index contributed by atoms with van der Waals surface area (Å²) in [6.07, 6.45) is 4.70. The highest BCUT2D eigenvalue weighted by Gasteiger charge is 2.45. The summed E-state index contributed by atoms with van der Waals surface area (Å²) < 4.78 is 0. The second-order valence-electron chi connectivity index (χ2n) is 6.46. The monoisotopic (exact) mass is 289 g/mol. The second kappa shape index (κ2) is 5.78. The van der Waals surface area contributed by atoms with Crippen LogP contribution in [-0.4, -0.2) is 40.2 Å². The van der Waals surface area contributed by atoms with Crippen LogP contribution in [0.2, 0.25) is 0 Å². The molecule has 1 heterocycles. The van der Waals surface area contributed by atoms with Gasteiger partial charge in [0, 0.05) is 24.1 Å². The van der Waals surface area contributed by atoms with Gasteiger partial charge in [0.15, 0.2) is 0 Å². The average molecular weight is 289 g/mol. The highest BCUT2D eigenvalue weighted by atomic mass is 16.3. The summed E-state index contributed by atoms with van der Waals surface area (Å²) >= 11 is 0. The van der Waals surface area contributed by atoms with Crippen LogP contribution in [0.5, 0.6) is 0 Å². The maximum atomic E-state index is 12.6. The fraction of sp³-hybridized carbons (Fsp3) is 0.588. The van der Waals surface area contributed by atoms with Crippen LogP contribution in [0, 0.1) is 5.41 Å². The van der Waals surface area contributed by atoms with E-state index in [2.05, 4.69) is 0 Å². The molecule has 0 radical (unpaired) electrons. The molecule has 1 aliphatic carbocycles. The molecule has 1 saturated heterocycles. The topological polar surface area (TPSA) is 60.8 Å². The summed E-state index contributed by atoms with van der Waals surface area (Å²) in [4.78, 5) is 14.5. The van der Waals surface area contributed by atoms with Crippen LogP contribution in [-0.2, 0) is 6.61 Å². The summed E-state index contributed by atoms with van der Waals surface area (Å²) in [5, 5.41) is 19.3. The molecule has 21 heavy (non-hydrogen) atoms. The third-order valence-corrected chi connectivity index (χ3v) is 5.14. The number of nitrogens with zero attached hydrogens (tertiary/aromatic N) is 1. The lowest BCUT2D eigenvalue weighted by Gasteiger charge is -2.42. The standard InChI is InChI=1S/C17H23NO3/c19-11-13-4-6-14(7-5-13)16(21)18-10-2-9-17(12-18)8-1-3-15(17)20/h4-7,15,19-20H,1-3,8-12H2/t15-,17-/m1/s1. The molecule has 4 nitrogen and oxygen atoms in total. The minimum atomic E-state index is -0.259. The summed E-state index contributed by atoms with van der Waals surface area (Å²) in [5.74, 6) is 0.0395. The molecule has 0 aromatic heterocycles. The Balaban J connectivity index is 1.74.